The molecular weight excluding hydrogens is 322 g/mol. The van der Waals surface area contributed by atoms with Crippen LogP contribution >= 0.6 is 11.3 Å². The van der Waals surface area contributed by atoms with Gasteiger partial charge in [-0.3, -0.25) is 5.32 Å². The lowest BCUT2D eigenvalue weighted by molar-refractivity contribution is 0.248. The Balaban J connectivity index is 1.57. The van der Waals surface area contributed by atoms with Crippen molar-refractivity contribution >= 4 is 22.5 Å². The van der Waals surface area contributed by atoms with E-state index in [1.165, 1.54) is 24.2 Å². The molecule has 2 N–H and O–H groups in total. The number of anilines is 1. The number of nitrogens with one attached hydrogen (secondary N) is 2. The molecule has 6 heteroatoms. The Bertz CT molecular complexity index is 663. The van der Waals surface area contributed by atoms with Gasteiger partial charge in [-0.15, -0.1) is 11.3 Å². The van der Waals surface area contributed by atoms with Crippen LogP contribution in [0.2, 0.25) is 0 Å². The third-order valence-electron chi connectivity index (χ3n) is 4.04. The highest BCUT2D eigenvalue weighted by Crippen LogP contribution is 2.26. The van der Waals surface area contributed by atoms with Gasteiger partial charge in [-0.25, -0.2) is 9.78 Å². The van der Waals surface area contributed by atoms with E-state index in [2.05, 4.69) is 22.5 Å². The average Bonchev–Trinajstić information content (AvgIpc) is 3.25. The standard InChI is InChI=1S/C18H23N3O2S/c1-2-11-23-15-9-7-13(8-10-15)16-12-24-18(20-16)21-17(22)19-14-5-3-4-6-14/h7-10,12,14H,2-6,11H2,1H3,(H2,19,20,21,22). The van der Waals surface area contributed by atoms with Crippen LogP contribution in [0.3, 0.4) is 0 Å². The molecule has 0 saturated heterocycles. The largest absolute Gasteiger partial charge is 0.494 e. The number of hydrogen-bond donors (Lipinski definition) is 2. The van der Waals surface area contributed by atoms with Gasteiger partial charge in [0.05, 0.1) is 12.3 Å². The monoisotopic (exact) mass is 345 g/mol. The van der Waals surface area contributed by atoms with Gasteiger partial charge in [0.1, 0.15) is 5.75 Å². The summed E-state index contributed by atoms with van der Waals surface area (Å²) in [5, 5.41) is 8.40. The number of rotatable bonds is 6. The summed E-state index contributed by atoms with van der Waals surface area (Å²) in [6.07, 6.45) is 5.53. The van der Waals surface area contributed by atoms with Crippen LogP contribution in [0.5, 0.6) is 5.75 Å². The van der Waals surface area contributed by atoms with Gasteiger partial charge < -0.3 is 10.1 Å². The van der Waals surface area contributed by atoms with Crippen molar-refractivity contribution in [3.05, 3.63) is 29.6 Å². The van der Waals surface area contributed by atoms with Crippen molar-refractivity contribution in [2.45, 2.75) is 45.1 Å². The van der Waals surface area contributed by atoms with Crippen LogP contribution in [0.25, 0.3) is 11.3 Å². The number of carbonyl (C=O) groups excluding carboxylic acids is 1. The quantitative estimate of drug-likeness (QED) is 0.800. The van der Waals surface area contributed by atoms with Crippen molar-refractivity contribution in [3.63, 3.8) is 0 Å². The SMILES string of the molecule is CCCOc1ccc(-c2csc(NC(=O)NC3CCCC3)n2)cc1. The maximum atomic E-state index is 12.0. The Morgan fingerprint density at radius 3 is 2.75 bits per heavy atom. The summed E-state index contributed by atoms with van der Waals surface area (Å²) in [7, 11) is 0. The number of nitrogens with zero attached hydrogens (tertiary/aromatic N) is 1. The second kappa shape index (κ2) is 8.15. The van der Waals surface area contributed by atoms with E-state index in [0.717, 1.165) is 42.9 Å². The second-order valence-electron chi connectivity index (χ2n) is 5.99. The molecule has 0 spiro atoms. The number of benzene rings is 1. The molecule has 1 saturated carbocycles. The summed E-state index contributed by atoms with van der Waals surface area (Å²) in [5.41, 5.74) is 1.87. The van der Waals surface area contributed by atoms with Crippen LogP contribution in [0, 0.1) is 0 Å². The fourth-order valence-corrected chi connectivity index (χ4v) is 3.51. The molecule has 24 heavy (non-hydrogen) atoms. The van der Waals surface area contributed by atoms with Crippen LogP contribution in [-0.4, -0.2) is 23.7 Å². The molecule has 0 bridgehead atoms. The van der Waals surface area contributed by atoms with Gasteiger partial charge in [0, 0.05) is 17.0 Å². The minimum absolute atomic E-state index is 0.161. The van der Waals surface area contributed by atoms with Gasteiger partial charge in [0.2, 0.25) is 0 Å². The minimum Gasteiger partial charge on any atom is -0.494 e. The van der Waals surface area contributed by atoms with E-state index in [1.807, 2.05) is 29.6 Å². The van der Waals surface area contributed by atoms with Gasteiger partial charge in [-0.05, 0) is 43.5 Å². The minimum atomic E-state index is -0.161. The molecule has 0 radical (unpaired) electrons. The van der Waals surface area contributed by atoms with Crippen molar-refractivity contribution in [1.82, 2.24) is 10.3 Å². The molecule has 0 unspecified atom stereocenters. The lowest BCUT2D eigenvalue weighted by atomic mass is 10.2. The van der Waals surface area contributed by atoms with E-state index in [-0.39, 0.29) is 6.03 Å². The molecule has 2 amide bonds. The molecule has 0 atom stereocenters. The summed E-state index contributed by atoms with van der Waals surface area (Å²) in [5.74, 6) is 0.866. The summed E-state index contributed by atoms with van der Waals surface area (Å²) < 4.78 is 5.58. The fourth-order valence-electron chi connectivity index (χ4n) is 2.79. The molecule has 5 nitrogen and oxygen atoms in total. The van der Waals surface area contributed by atoms with Crippen LogP contribution in [-0.2, 0) is 0 Å². The molecule has 1 aliphatic rings. The zero-order valence-electron chi connectivity index (χ0n) is 13.9. The highest BCUT2D eigenvalue weighted by atomic mass is 32.1. The van der Waals surface area contributed by atoms with E-state index in [1.54, 1.807) is 0 Å². The lowest BCUT2D eigenvalue weighted by Crippen LogP contribution is -2.36. The molecule has 1 fully saturated rings. The smallest absolute Gasteiger partial charge is 0.321 e. The van der Waals surface area contributed by atoms with E-state index in [0.29, 0.717) is 11.2 Å². The molecule has 1 aliphatic carbocycles. The van der Waals surface area contributed by atoms with Crippen molar-refractivity contribution in [2.75, 3.05) is 11.9 Å². The van der Waals surface area contributed by atoms with Crippen LogP contribution in [0.4, 0.5) is 9.93 Å². The van der Waals surface area contributed by atoms with Crippen molar-refractivity contribution in [1.29, 1.82) is 0 Å². The summed E-state index contributed by atoms with van der Waals surface area (Å²) >= 11 is 1.43. The molecule has 128 valence electrons. The van der Waals surface area contributed by atoms with Gasteiger partial charge >= 0.3 is 6.03 Å². The highest BCUT2D eigenvalue weighted by molar-refractivity contribution is 7.14. The van der Waals surface area contributed by atoms with Crippen LogP contribution < -0.4 is 15.4 Å². The van der Waals surface area contributed by atoms with E-state index < -0.39 is 0 Å². The number of hydrogen-bond acceptors (Lipinski definition) is 4. The van der Waals surface area contributed by atoms with Gasteiger partial charge in [0.25, 0.3) is 0 Å². The summed E-state index contributed by atoms with van der Waals surface area (Å²) in [4.78, 5) is 16.5. The molecule has 1 heterocycles. The number of urea groups is 1. The Hall–Kier alpha value is -2.08. The van der Waals surface area contributed by atoms with Gasteiger partial charge in [-0.1, -0.05) is 19.8 Å². The number of thiazole rings is 1. The third kappa shape index (κ3) is 4.47. The van der Waals surface area contributed by atoms with E-state index in [9.17, 15) is 4.79 Å². The molecule has 2 aromatic rings. The Labute approximate surface area is 146 Å². The first kappa shape index (κ1) is 16.8. The molecule has 0 aliphatic heterocycles. The predicted molar refractivity (Wildman–Crippen MR) is 97.7 cm³/mol. The average molecular weight is 345 g/mol. The van der Waals surface area contributed by atoms with Crippen molar-refractivity contribution < 1.29 is 9.53 Å². The number of carbonyl (C=O) groups is 1. The zero-order chi connectivity index (χ0) is 16.8. The number of amides is 2. The molecule has 1 aromatic heterocycles. The highest BCUT2D eigenvalue weighted by Gasteiger charge is 2.17. The lowest BCUT2D eigenvalue weighted by Gasteiger charge is -2.11. The normalized spacial score (nSPS) is 14.5. The van der Waals surface area contributed by atoms with Crippen molar-refractivity contribution in [2.24, 2.45) is 0 Å². The maximum Gasteiger partial charge on any atom is 0.321 e. The number of ether oxygens (including phenoxy) is 1. The fraction of sp³-hybridized carbons (Fsp3) is 0.444. The molecule has 3 rings (SSSR count). The van der Waals surface area contributed by atoms with E-state index in [4.69, 9.17) is 4.74 Å². The first-order valence-electron chi connectivity index (χ1n) is 8.51. The number of aromatic nitrogens is 1. The first-order valence-corrected chi connectivity index (χ1v) is 9.39. The molecular formula is C18H23N3O2S. The zero-order valence-corrected chi connectivity index (χ0v) is 14.7. The second-order valence-corrected chi connectivity index (χ2v) is 6.85. The predicted octanol–water partition coefficient (Wildman–Crippen LogP) is 4.66. The Morgan fingerprint density at radius 1 is 1.29 bits per heavy atom. The van der Waals surface area contributed by atoms with Crippen molar-refractivity contribution in [3.8, 4) is 17.0 Å². The van der Waals surface area contributed by atoms with Gasteiger partial charge in [0.15, 0.2) is 5.13 Å². The van der Waals surface area contributed by atoms with Crippen LogP contribution in [0.15, 0.2) is 29.6 Å². The third-order valence-corrected chi connectivity index (χ3v) is 4.80. The summed E-state index contributed by atoms with van der Waals surface area (Å²) in [6.45, 7) is 2.81. The Kier molecular flexibility index (Phi) is 5.69. The first-order chi connectivity index (χ1) is 11.7. The van der Waals surface area contributed by atoms with E-state index >= 15 is 0 Å². The molecule has 1 aromatic carbocycles. The van der Waals surface area contributed by atoms with Gasteiger partial charge in [-0.2, -0.15) is 0 Å². The Morgan fingerprint density at radius 2 is 2.04 bits per heavy atom. The topological polar surface area (TPSA) is 63.2 Å². The maximum absolute atomic E-state index is 12.0. The summed E-state index contributed by atoms with van der Waals surface area (Å²) in [6, 6.07) is 8.02. The van der Waals surface area contributed by atoms with Crippen LogP contribution in [0.1, 0.15) is 39.0 Å².